The van der Waals surface area contributed by atoms with Crippen molar-refractivity contribution in [2.24, 2.45) is 0 Å². The molecule has 0 saturated heterocycles. The highest BCUT2D eigenvalue weighted by atomic mass is 35.5. The van der Waals surface area contributed by atoms with Gasteiger partial charge in [-0.25, -0.2) is 0 Å². The number of hydrogen-bond donors (Lipinski definition) is 0. The first-order valence-corrected chi connectivity index (χ1v) is 5.51. The Hall–Kier alpha value is -0.510. The van der Waals surface area contributed by atoms with Crippen LogP contribution in [0, 0.1) is 0 Å². The van der Waals surface area contributed by atoms with E-state index >= 15 is 0 Å². The predicted octanol–water partition coefficient (Wildman–Crippen LogP) is 2.89. The van der Waals surface area contributed by atoms with Crippen molar-refractivity contribution in [1.82, 2.24) is 0 Å². The standard InChI is InChI=1S/C10H11ClO2S/c1-13-5-6-14-10-4-2-3-9(11)8(10)7-12/h2-4,7H,5-6H2,1H3. The second-order valence-corrected chi connectivity index (χ2v) is 4.15. The van der Waals surface area contributed by atoms with Crippen LogP contribution in [0.25, 0.3) is 0 Å². The van der Waals surface area contributed by atoms with Gasteiger partial charge in [-0.2, -0.15) is 0 Å². The van der Waals surface area contributed by atoms with Crippen LogP contribution in [0.2, 0.25) is 5.02 Å². The lowest BCUT2D eigenvalue weighted by Crippen LogP contribution is -1.93. The van der Waals surface area contributed by atoms with E-state index in [0.29, 0.717) is 17.2 Å². The van der Waals surface area contributed by atoms with E-state index in [2.05, 4.69) is 0 Å². The van der Waals surface area contributed by atoms with Gasteiger partial charge in [-0.15, -0.1) is 11.8 Å². The van der Waals surface area contributed by atoms with Crippen molar-refractivity contribution in [3.63, 3.8) is 0 Å². The summed E-state index contributed by atoms with van der Waals surface area (Å²) in [5.74, 6) is 0.817. The van der Waals surface area contributed by atoms with E-state index < -0.39 is 0 Å². The van der Waals surface area contributed by atoms with Crippen LogP contribution in [0.5, 0.6) is 0 Å². The summed E-state index contributed by atoms with van der Waals surface area (Å²) in [4.78, 5) is 11.7. The zero-order valence-corrected chi connectivity index (χ0v) is 9.40. The molecule has 76 valence electrons. The fourth-order valence-corrected chi connectivity index (χ4v) is 2.23. The number of thioether (sulfide) groups is 1. The minimum absolute atomic E-state index is 0.502. The number of carbonyl (C=O) groups is 1. The molecular formula is C10H11ClO2S. The quantitative estimate of drug-likeness (QED) is 0.442. The average molecular weight is 231 g/mol. The Labute approximate surface area is 92.6 Å². The van der Waals surface area contributed by atoms with Gasteiger partial charge in [0.05, 0.1) is 11.6 Å². The summed E-state index contributed by atoms with van der Waals surface area (Å²) in [5, 5.41) is 0.502. The first kappa shape index (κ1) is 11.6. The Balaban J connectivity index is 2.75. The normalized spacial score (nSPS) is 10.1. The van der Waals surface area contributed by atoms with Gasteiger partial charge in [-0.1, -0.05) is 17.7 Å². The van der Waals surface area contributed by atoms with Crippen molar-refractivity contribution >= 4 is 29.6 Å². The topological polar surface area (TPSA) is 26.3 Å². The summed E-state index contributed by atoms with van der Waals surface area (Å²) in [5.41, 5.74) is 0.565. The lowest BCUT2D eigenvalue weighted by molar-refractivity contribution is 0.112. The molecule has 0 N–H and O–H groups in total. The predicted molar refractivity (Wildman–Crippen MR) is 59.4 cm³/mol. The number of aldehydes is 1. The summed E-state index contributed by atoms with van der Waals surface area (Å²) in [6.07, 6.45) is 0.789. The average Bonchev–Trinajstić information content (AvgIpc) is 2.18. The van der Waals surface area contributed by atoms with Crippen molar-refractivity contribution in [3.05, 3.63) is 28.8 Å². The SMILES string of the molecule is COCCSc1cccc(Cl)c1C=O. The molecule has 0 aliphatic rings. The smallest absolute Gasteiger partial charge is 0.152 e. The van der Waals surface area contributed by atoms with Gasteiger partial charge in [0, 0.05) is 23.3 Å². The summed E-state index contributed by atoms with van der Waals surface area (Å²) in [6.45, 7) is 0.662. The van der Waals surface area contributed by atoms with Gasteiger partial charge in [0.25, 0.3) is 0 Å². The van der Waals surface area contributed by atoms with Crippen LogP contribution < -0.4 is 0 Å². The van der Waals surface area contributed by atoms with Gasteiger partial charge < -0.3 is 4.74 Å². The van der Waals surface area contributed by atoms with E-state index in [9.17, 15) is 4.79 Å². The Morgan fingerprint density at radius 3 is 3.00 bits per heavy atom. The van der Waals surface area contributed by atoms with Crippen LogP contribution in [-0.2, 0) is 4.74 Å². The summed E-state index contributed by atoms with van der Waals surface area (Å²) >= 11 is 7.44. The van der Waals surface area contributed by atoms with Crippen LogP contribution in [0.3, 0.4) is 0 Å². The largest absolute Gasteiger partial charge is 0.384 e. The molecule has 1 aromatic carbocycles. The van der Waals surface area contributed by atoms with Gasteiger partial charge >= 0.3 is 0 Å². The highest BCUT2D eigenvalue weighted by molar-refractivity contribution is 7.99. The highest BCUT2D eigenvalue weighted by Gasteiger charge is 2.05. The number of hydrogen-bond acceptors (Lipinski definition) is 3. The van der Waals surface area contributed by atoms with Crippen molar-refractivity contribution in [1.29, 1.82) is 0 Å². The van der Waals surface area contributed by atoms with Crippen molar-refractivity contribution < 1.29 is 9.53 Å². The molecule has 1 rings (SSSR count). The maximum Gasteiger partial charge on any atom is 0.152 e. The van der Waals surface area contributed by atoms with E-state index in [1.54, 1.807) is 24.9 Å². The third kappa shape index (κ3) is 3.01. The zero-order chi connectivity index (χ0) is 10.4. The fraction of sp³-hybridized carbons (Fsp3) is 0.300. The van der Waals surface area contributed by atoms with Gasteiger partial charge in [0.15, 0.2) is 6.29 Å². The molecule has 0 saturated carbocycles. The molecule has 0 aliphatic carbocycles. The summed E-state index contributed by atoms with van der Waals surface area (Å²) in [7, 11) is 1.65. The molecule has 4 heteroatoms. The van der Waals surface area contributed by atoms with Crippen LogP contribution >= 0.6 is 23.4 Å². The molecule has 0 fully saturated rings. The van der Waals surface area contributed by atoms with Crippen LogP contribution in [-0.4, -0.2) is 25.8 Å². The highest BCUT2D eigenvalue weighted by Crippen LogP contribution is 2.26. The molecule has 2 nitrogen and oxygen atoms in total. The van der Waals surface area contributed by atoms with E-state index in [1.165, 1.54) is 0 Å². The summed E-state index contributed by atoms with van der Waals surface area (Å²) < 4.78 is 4.93. The molecule has 1 aromatic rings. The molecule has 0 atom stereocenters. The van der Waals surface area contributed by atoms with Crippen molar-refractivity contribution in [2.75, 3.05) is 19.5 Å². The summed E-state index contributed by atoms with van der Waals surface area (Å²) in [6, 6.07) is 5.44. The third-order valence-corrected chi connectivity index (χ3v) is 3.04. The lowest BCUT2D eigenvalue weighted by atomic mass is 10.2. The fourth-order valence-electron chi connectivity index (χ4n) is 0.992. The first-order chi connectivity index (χ1) is 6.79. The number of ether oxygens (including phenoxy) is 1. The van der Waals surface area contributed by atoms with Gasteiger partial charge in [-0.3, -0.25) is 4.79 Å². The van der Waals surface area contributed by atoms with Gasteiger partial charge in [0.1, 0.15) is 0 Å². The Bertz CT molecular complexity index is 315. The lowest BCUT2D eigenvalue weighted by Gasteiger charge is -2.05. The second-order valence-electron chi connectivity index (χ2n) is 2.61. The van der Waals surface area contributed by atoms with E-state index in [-0.39, 0.29) is 0 Å². The van der Waals surface area contributed by atoms with Crippen LogP contribution in [0.1, 0.15) is 10.4 Å². The van der Waals surface area contributed by atoms with Crippen molar-refractivity contribution in [2.45, 2.75) is 4.90 Å². The van der Waals surface area contributed by atoms with Crippen LogP contribution in [0.15, 0.2) is 23.1 Å². The molecule has 14 heavy (non-hydrogen) atoms. The van der Waals surface area contributed by atoms with E-state index in [4.69, 9.17) is 16.3 Å². The molecule has 0 unspecified atom stereocenters. The number of carbonyl (C=O) groups excluding carboxylic acids is 1. The van der Waals surface area contributed by atoms with E-state index in [1.807, 2.05) is 12.1 Å². The molecular weight excluding hydrogens is 220 g/mol. The number of halogens is 1. The molecule has 0 radical (unpaired) electrons. The number of rotatable bonds is 5. The number of methoxy groups -OCH3 is 1. The Morgan fingerprint density at radius 1 is 1.57 bits per heavy atom. The molecule has 0 aliphatic heterocycles. The maximum absolute atomic E-state index is 10.8. The molecule has 0 amide bonds. The Morgan fingerprint density at radius 2 is 2.36 bits per heavy atom. The minimum atomic E-state index is 0.502. The molecule has 0 aromatic heterocycles. The first-order valence-electron chi connectivity index (χ1n) is 4.15. The van der Waals surface area contributed by atoms with E-state index in [0.717, 1.165) is 16.9 Å². The van der Waals surface area contributed by atoms with Crippen molar-refractivity contribution in [3.8, 4) is 0 Å². The molecule has 0 bridgehead atoms. The third-order valence-electron chi connectivity index (χ3n) is 1.68. The second kappa shape index (κ2) is 6.06. The Kier molecular flexibility index (Phi) is 5.01. The zero-order valence-electron chi connectivity index (χ0n) is 7.83. The number of benzene rings is 1. The van der Waals surface area contributed by atoms with Gasteiger partial charge in [-0.05, 0) is 12.1 Å². The maximum atomic E-state index is 10.8. The molecule has 0 spiro atoms. The van der Waals surface area contributed by atoms with Gasteiger partial charge in [0.2, 0.25) is 0 Å². The minimum Gasteiger partial charge on any atom is -0.384 e. The molecule has 0 heterocycles. The monoisotopic (exact) mass is 230 g/mol. The van der Waals surface area contributed by atoms with Crippen LogP contribution in [0.4, 0.5) is 0 Å².